The second-order valence-electron chi connectivity index (χ2n) is 7.48. The average molecular weight is 411 g/mol. The summed E-state index contributed by atoms with van der Waals surface area (Å²) >= 11 is 0. The molecular formula is C20H34N4O3S. The zero-order valence-corrected chi connectivity index (χ0v) is 18.3. The molecule has 0 aromatic heterocycles. The molecule has 0 unspecified atom stereocenters. The van der Waals surface area contributed by atoms with E-state index in [0.29, 0.717) is 11.4 Å². The predicted molar refractivity (Wildman–Crippen MR) is 113 cm³/mol. The van der Waals surface area contributed by atoms with Gasteiger partial charge in [0.15, 0.2) is 5.96 Å². The van der Waals surface area contributed by atoms with E-state index >= 15 is 0 Å². The second-order valence-corrected chi connectivity index (χ2v) is 9.48. The van der Waals surface area contributed by atoms with E-state index < -0.39 is 10.0 Å². The highest BCUT2D eigenvalue weighted by Gasteiger charge is 2.22. The lowest BCUT2D eigenvalue weighted by Gasteiger charge is -2.21. The maximum absolute atomic E-state index is 12.5. The number of nitrogens with one attached hydrogen (secondary N) is 2. The van der Waals surface area contributed by atoms with E-state index in [-0.39, 0.29) is 6.04 Å². The smallest absolute Gasteiger partial charge is 0.243 e. The third-order valence-corrected chi connectivity index (χ3v) is 6.87. The van der Waals surface area contributed by atoms with E-state index in [1.165, 1.54) is 17.1 Å². The van der Waals surface area contributed by atoms with Crippen LogP contribution < -0.4 is 10.6 Å². The molecule has 0 heterocycles. The summed E-state index contributed by atoms with van der Waals surface area (Å²) in [4.78, 5) is 4.52. The molecule has 0 amide bonds. The molecule has 0 atom stereocenters. The van der Waals surface area contributed by atoms with Crippen molar-refractivity contribution >= 4 is 16.0 Å². The maximum atomic E-state index is 12.5. The Labute approximate surface area is 169 Å². The van der Waals surface area contributed by atoms with Crippen LogP contribution in [0.3, 0.4) is 0 Å². The number of hydrogen-bond acceptors (Lipinski definition) is 4. The van der Waals surface area contributed by atoms with Gasteiger partial charge in [-0.3, -0.25) is 4.99 Å². The first-order valence-electron chi connectivity index (χ1n) is 9.94. The van der Waals surface area contributed by atoms with Crippen molar-refractivity contribution in [3.63, 3.8) is 0 Å². The Bertz CT molecular complexity index is 728. The molecule has 1 aliphatic rings. The van der Waals surface area contributed by atoms with Crippen LogP contribution in [-0.4, -0.2) is 58.6 Å². The van der Waals surface area contributed by atoms with Gasteiger partial charge in [0.05, 0.1) is 4.90 Å². The van der Waals surface area contributed by atoms with E-state index in [4.69, 9.17) is 4.74 Å². The van der Waals surface area contributed by atoms with Crippen LogP contribution in [0.5, 0.6) is 0 Å². The first-order valence-corrected chi connectivity index (χ1v) is 11.4. The zero-order valence-electron chi connectivity index (χ0n) is 17.4. The fourth-order valence-corrected chi connectivity index (χ4v) is 3.91. The van der Waals surface area contributed by atoms with E-state index in [0.717, 1.165) is 43.6 Å². The predicted octanol–water partition coefficient (Wildman–Crippen LogP) is 2.20. The normalized spacial score (nSPS) is 15.3. The van der Waals surface area contributed by atoms with Crippen molar-refractivity contribution in [2.75, 3.05) is 33.9 Å². The van der Waals surface area contributed by atoms with Crippen molar-refractivity contribution in [1.82, 2.24) is 14.9 Å². The first kappa shape index (κ1) is 22.6. The largest absolute Gasteiger partial charge is 0.381 e. The topological polar surface area (TPSA) is 83.0 Å². The molecule has 0 aliphatic heterocycles. The van der Waals surface area contributed by atoms with Crippen LogP contribution in [0.1, 0.15) is 38.7 Å². The molecule has 0 radical (unpaired) electrons. The van der Waals surface area contributed by atoms with Crippen LogP contribution in [-0.2, 0) is 21.3 Å². The molecule has 2 N–H and O–H groups in total. The molecule has 28 heavy (non-hydrogen) atoms. The van der Waals surface area contributed by atoms with Crippen molar-refractivity contribution in [3.8, 4) is 0 Å². The Kier molecular flexibility index (Phi) is 8.72. The Hall–Kier alpha value is -1.64. The van der Waals surface area contributed by atoms with Crippen LogP contribution in [0, 0.1) is 5.92 Å². The van der Waals surface area contributed by atoms with Crippen LogP contribution in [0.15, 0.2) is 34.2 Å². The molecule has 1 fully saturated rings. The molecule has 1 aliphatic carbocycles. The second kappa shape index (κ2) is 10.8. The molecule has 7 nitrogen and oxygen atoms in total. The van der Waals surface area contributed by atoms with E-state index in [1.54, 1.807) is 26.2 Å². The standard InChI is InChI=1S/C20H34N4O3S/c1-16(2)24(4)28(25,26)19-10-8-17(9-11-19)14-23-20(21-3)22-12-5-13-27-15-18-6-7-18/h8-11,16,18H,5-7,12-15H2,1-4H3,(H2,21,22,23). The van der Waals surface area contributed by atoms with Crippen LogP contribution in [0.2, 0.25) is 0 Å². The van der Waals surface area contributed by atoms with Crippen molar-refractivity contribution in [3.05, 3.63) is 29.8 Å². The first-order chi connectivity index (χ1) is 13.3. The molecule has 8 heteroatoms. The molecule has 0 bridgehead atoms. The van der Waals surface area contributed by atoms with Gasteiger partial charge < -0.3 is 15.4 Å². The minimum absolute atomic E-state index is 0.0835. The fraction of sp³-hybridized carbons (Fsp3) is 0.650. The van der Waals surface area contributed by atoms with E-state index in [9.17, 15) is 8.42 Å². The molecule has 1 aromatic carbocycles. The minimum atomic E-state index is -3.45. The number of sulfonamides is 1. The highest BCUT2D eigenvalue weighted by atomic mass is 32.2. The summed E-state index contributed by atoms with van der Waals surface area (Å²) in [6, 6.07) is 6.87. The van der Waals surface area contributed by atoms with Crippen molar-refractivity contribution < 1.29 is 13.2 Å². The van der Waals surface area contributed by atoms with Gasteiger partial charge in [-0.15, -0.1) is 0 Å². The Morgan fingerprint density at radius 2 is 1.93 bits per heavy atom. The summed E-state index contributed by atoms with van der Waals surface area (Å²) in [5.74, 6) is 1.52. The summed E-state index contributed by atoms with van der Waals surface area (Å²) in [7, 11) is -0.115. The summed E-state index contributed by atoms with van der Waals surface area (Å²) < 4.78 is 32.0. The Morgan fingerprint density at radius 1 is 1.25 bits per heavy atom. The molecule has 0 saturated heterocycles. The monoisotopic (exact) mass is 410 g/mol. The van der Waals surface area contributed by atoms with Gasteiger partial charge >= 0.3 is 0 Å². The number of nitrogens with zero attached hydrogens (tertiary/aromatic N) is 2. The van der Waals surface area contributed by atoms with E-state index in [2.05, 4.69) is 15.6 Å². The SMILES string of the molecule is CN=C(NCCCOCC1CC1)NCc1ccc(S(=O)(=O)N(C)C(C)C)cc1. The molecular weight excluding hydrogens is 376 g/mol. The van der Waals surface area contributed by atoms with Gasteiger partial charge in [0.25, 0.3) is 0 Å². The average Bonchev–Trinajstić information content (AvgIpc) is 3.50. The summed E-state index contributed by atoms with van der Waals surface area (Å²) in [6.45, 7) is 6.73. The highest BCUT2D eigenvalue weighted by molar-refractivity contribution is 7.89. The third-order valence-electron chi connectivity index (χ3n) is 4.82. The van der Waals surface area contributed by atoms with Gasteiger partial charge in [-0.25, -0.2) is 8.42 Å². The lowest BCUT2D eigenvalue weighted by Crippen LogP contribution is -2.37. The molecule has 1 aromatic rings. The zero-order chi connectivity index (χ0) is 20.6. The fourth-order valence-electron chi connectivity index (χ4n) is 2.55. The van der Waals surface area contributed by atoms with Gasteiger partial charge in [-0.2, -0.15) is 4.31 Å². The Balaban J connectivity index is 1.74. The van der Waals surface area contributed by atoms with Gasteiger partial charge in [0.1, 0.15) is 0 Å². The van der Waals surface area contributed by atoms with Crippen molar-refractivity contribution in [2.24, 2.45) is 10.9 Å². The minimum Gasteiger partial charge on any atom is -0.381 e. The maximum Gasteiger partial charge on any atom is 0.243 e. The number of aliphatic imine (C=N–C) groups is 1. The Morgan fingerprint density at radius 3 is 2.50 bits per heavy atom. The van der Waals surface area contributed by atoms with Gasteiger partial charge in [-0.05, 0) is 56.7 Å². The van der Waals surface area contributed by atoms with E-state index in [1.807, 2.05) is 26.0 Å². The number of rotatable bonds is 11. The molecule has 0 spiro atoms. The lowest BCUT2D eigenvalue weighted by molar-refractivity contribution is 0.123. The quantitative estimate of drug-likeness (QED) is 0.332. The molecule has 2 rings (SSSR count). The number of benzene rings is 1. The highest BCUT2D eigenvalue weighted by Crippen LogP contribution is 2.28. The number of hydrogen-bond donors (Lipinski definition) is 2. The van der Waals surface area contributed by atoms with Crippen molar-refractivity contribution in [2.45, 2.75) is 50.6 Å². The summed E-state index contributed by atoms with van der Waals surface area (Å²) in [5, 5.41) is 6.51. The van der Waals surface area contributed by atoms with Gasteiger partial charge in [0.2, 0.25) is 10.0 Å². The summed E-state index contributed by atoms with van der Waals surface area (Å²) in [5.41, 5.74) is 0.988. The van der Waals surface area contributed by atoms with Crippen LogP contribution in [0.4, 0.5) is 0 Å². The van der Waals surface area contributed by atoms with Gasteiger partial charge in [-0.1, -0.05) is 12.1 Å². The number of ether oxygens (including phenoxy) is 1. The molecule has 158 valence electrons. The van der Waals surface area contributed by atoms with Crippen LogP contribution >= 0.6 is 0 Å². The summed E-state index contributed by atoms with van der Waals surface area (Å²) in [6.07, 6.45) is 3.57. The number of guanidine groups is 1. The lowest BCUT2D eigenvalue weighted by atomic mass is 10.2. The van der Waals surface area contributed by atoms with Crippen molar-refractivity contribution in [1.29, 1.82) is 0 Å². The van der Waals surface area contributed by atoms with Gasteiger partial charge in [0, 0.05) is 46.4 Å². The third kappa shape index (κ3) is 7.07. The van der Waals surface area contributed by atoms with Crippen LogP contribution in [0.25, 0.3) is 0 Å². The molecule has 1 saturated carbocycles.